The molecular formula is C9H7NO3S. The van der Waals surface area contributed by atoms with Crippen LogP contribution in [-0.4, -0.2) is 16.2 Å². The zero-order valence-corrected chi connectivity index (χ0v) is 7.95. The van der Waals surface area contributed by atoms with Crippen molar-refractivity contribution in [3.63, 3.8) is 0 Å². The number of nitrogens with zero attached hydrogens (tertiary/aromatic N) is 1. The van der Waals surface area contributed by atoms with Crippen LogP contribution in [0.5, 0.6) is 0 Å². The fraction of sp³-hybridized carbons (Fsp3) is 0.111. The maximum absolute atomic E-state index is 10.5. The summed E-state index contributed by atoms with van der Waals surface area (Å²) in [5, 5.41) is 16.0. The zero-order chi connectivity index (χ0) is 9.97. The summed E-state index contributed by atoms with van der Waals surface area (Å²) < 4.78 is 4.87. The number of carbonyl (C=O) groups is 1. The number of carboxylic acid groups (broad SMARTS) is 1. The molecule has 0 aliphatic rings. The first-order valence-corrected chi connectivity index (χ1v) is 4.90. The monoisotopic (exact) mass is 209 g/mol. The molecule has 0 saturated heterocycles. The van der Waals surface area contributed by atoms with Gasteiger partial charge in [0, 0.05) is 12.5 Å². The van der Waals surface area contributed by atoms with Crippen LogP contribution >= 0.6 is 11.3 Å². The van der Waals surface area contributed by atoms with Crippen LogP contribution in [0.1, 0.15) is 21.8 Å². The third kappa shape index (κ3) is 1.82. The van der Waals surface area contributed by atoms with Crippen molar-refractivity contribution in [3.8, 4) is 0 Å². The smallest absolute Gasteiger partial charge is 0.358 e. The van der Waals surface area contributed by atoms with Crippen molar-refractivity contribution in [1.82, 2.24) is 5.16 Å². The summed E-state index contributed by atoms with van der Waals surface area (Å²) in [6.45, 7) is 0. The molecule has 72 valence electrons. The Morgan fingerprint density at radius 1 is 1.64 bits per heavy atom. The quantitative estimate of drug-likeness (QED) is 0.840. The summed E-state index contributed by atoms with van der Waals surface area (Å²) >= 11 is 1.59. The summed E-state index contributed by atoms with van der Waals surface area (Å²) in [5.74, 6) is -0.494. The third-order valence-corrected chi connectivity index (χ3v) is 2.47. The highest BCUT2D eigenvalue weighted by atomic mass is 32.1. The normalized spacial score (nSPS) is 10.3. The maximum Gasteiger partial charge on any atom is 0.358 e. The number of hydrogen-bond donors (Lipinski definition) is 1. The second-order valence-electron chi connectivity index (χ2n) is 2.79. The number of hydrogen-bond acceptors (Lipinski definition) is 4. The van der Waals surface area contributed by atoms with Crippen LogP contribution < -0.4 is 0 Å². The van der Waals surface area contributed by atoms with Gasteiger partial charge in [-0.2, -0.15) is 11.3 Å². The standard InChI is InChI=1S/C9H7NO3S/c11-9(12)8-4-7(13-10-8)3-6-1-2-14-5-6/h1-2,4-5H,3H2,(H,11,12). The molecule has 2 aromatic heterocycles. The molecule has 1 N–H and O–H groups in total. The first kappa shape index (κ1) is 8.96. The van der Waals surface area contributed by atoms with Crippen molar-refractivity contribution in [3.05, 3.63) is 39.9 Å². The number of rotatable bonds is 3. The second-order valence-corrected chi connectivity index (χ2v) is 3.57. The molecule has 0 amide bonds. The van der Waals surface area contributed by atoms with Crippen molar-refractivity contribution in [2.45, 2.75) is 6.42 Å². The Hall–Kier alpha value is -1.62. The zero-order valence-electron chi connectivity index (χ0n) is 7.14. The van der Waals surface area contributed by atoms with Crippen LogP contribution in [0.3, 0.4) is 0 Å². The van der Waals surface area contributed by atoms with E-state index in [0.29, 0.717) is 12.2 Å². The topological polar surface area (TPSA) is 63.3 Å². The van der Waals surface area contributed by atoms with Gasteiger partial charge >= 0.3 is 5.97 Å². The number of carboxylic acids is 1. The number of aromatic carboxylic acids is 1. The first-order chi connectivity index (χ1) is 6.75. The molecule has 0 fully saturated rings. The summed E-state index contributed by atoms with van der Waals surface area (Å²) in [6, 6.07) is 3.41. The maximum atomic E-state index is 10.5. The van der Waals surface area contributed by atoms with Gasteiger partial charge in [-0.1, -0.05) is 5.16 Å². The lowest BCUT2D eigenvalue weighted by molar-refractivity contribution is 0.0685. The average molecular weight is 209 g/mol. The Morgan fingerprint density at radius 2 is 2.50 bits per heavy atom. The largest absolute Gasteiger partial charge is 0.476 e. The molecule has 0 atom stereocenters. The second kappa shape index (κ2) is 3.63. The van der Waals surface area contributed by atoms with Gasteiger partial charge in [0.2, 0.25) is 0 Å². The van der Waals surface area contributed by atoms with Crippen molar-refractivity contribution < 1.29 is 14.4 Å². The summed E-state index contributed by atoms with van der Waals surface area (Å²) in [6.07, 6.45) is 0.587. The Bertz CT molecular complexity index is 433. The Kier molecular flexibility index (Phi) is 2.32. The van der Waals surface area contributed by atoms with Gasteiger partial charge in [-0.3, -0.25) is 0 Å². The number of aromatic nitrogens is 1. The Labute approximate surface area is 83.8 Å². The average Bonchev–Trinajstić information content (AvgIpc) is 2.75. The molecule has 0 unspecified atom stereocenters. The molecule has 0 aliphatic heterocycles. The molecule has 14 heavy (non-hydrogen) atoms. The third-order valence-electron chi connectivity index (χ3n) is 1.74. The lowest BCUT2D eigenvalue weighted by Crippen LogP contribution is -1.94. The van der Waals surface area contributed by atoms with Gasteiger partial charge in [0.15, 0.2) is 5.69 Å². The van der Waals surface area contributed by atoms with Crippen molar-refractivity contribution in [2.24, 2.45) is 0 Å². The molecule has 2 aromatic rings. The van der Waals surface area contributed by atoms with Gasteiger partial charge < -0.3 is 9.63 Å². The van der Waals surface area contributed by atoms with Gasteiger partial charge in [-0.15, -0.1) is 0 Å². The van der Waals surface area contributed by atoms with E-state index in [1.807, 2.05) is 16.8 Å². The number of thiophene rings is 1. The lowest BCUT2D eigenvalue weighted by Gasteiger charge is -1.88. The van der Waals surface area contributed by atoms with Gasteiger partial charge in [-0.05, 0) is 22.4 Å². The molecule has 0 spiro atoms. The molecule has 0 radical (unpaired) electrons. The highest BCUT2D eigenvalue weighted by Crippen LogP contribution is 2.13. The molecule has 0 aliphatic carbocycles. The SMILES string of the molecule is O=C(O)c1cc(Cc2ccsc2)on1. The van der Waals surface area contributed by atoms with Crippen LogP contribution in [0.25, 0.3) is 0 Å². The van der Waals surface area contributed by atoms with Crippen molar-refractivity contribution >= 4 is 17.3 Å². The van der Waals surface area contributed by atoms with Gasteiger partial charge in [0.05, 0.1) is 0 Å². The predicted octanol–water partition coefficient (Wildman–Crippen LogP) is 2.03. The summed E-state index contributed by atoms with van der Waals surface area (Å²) in [4.78, 5) is 10.5. The fourth-order valence-corrected chi connectivity index (χ4v) is 1.76. The minimum absolute atomic E-state index is 0.0461. The van der Waals surface area contributed by atoms with Crippen molar-refractivity contribution in [1.29, 1.82) is 0 Å². The minimum atomic E-state index is -1.06. The Balaban J connectivity index is 2.14. The first-order valence-electron chi connectivity index (χ1n) is 3.95. The Morgan fingerprint density at radius 3 is 3.07 bits per heavy atom. The molecular weight excluding hydrogens is 202 g/mol. The van der Waals surface area contributed by atoms with Crippen LogP contribution in [0.4, 0.5) is 0 Å². The van der Waals surface area contributed by atoms with E-state index in [0.717, 1.165) is 5.56 Å². The molecule has 2 heterocycles. The highest BCUT2D eigenvalue weighted by molar-refractivity contribution is 7.07. The van der Waals surface area contributed by atoms with E-state index >= 15 is 0 Å². The lowest BCUT2D eigenvalue weighted by atomic mass is 10.2. The van der Waals surface area contributed by atoms with Crippen LogP contribution in [0.15, 0.2) is 27.4 Å². The van der Waals surface area contributed by atoms with E-state index in [-0.39, 0.29) is 5.69 Å². The van der Waals surface area contributed by atoms with E-state index in [4.69, 9.17) is 9.63 Å². The summed E-state index contributed by atoms with van der Waals surface area (Å²) in [5.41, 5.74) is 1.05. The molecule has 2 rings (SSSR count). The molecule has 4 nitrogen and oxygen atoms in total. The molecule has 0 saturated carbocycles. The molecule has 0 aromatic carbocycles. The fourth-order valence-electron chi connectivity index (χ4n) is 1.09. The predicted molar refractivity (Wildman–Crippen MR) is 50.6 cm³/mol. The van der Waals surface area contributed by atoms with E-state index in [9.17, 15) is 4.79 Å². The van der Waals surface area contributed by atoms with E-state index in [1.165, 1.54) is 6.07 Å². The van der Waals surface area contributed by atoms with Gasteiger partial charge in [0.25, 0.3) is 0 Å². The van der Waals surface area contributed by atoms with E-state index in [1.54, 1.807) is 11.3 Å². The van der Waals surface area contributed by atoms with Crippen molar-refractivity contribution in [2.75, 3.05) is 0 Å². The summed E-state index contributed by atoms with van der Waals surface area (Å²) in [7, 11) is 0. The van der Waals surface area contributed by atoms with Crippen LogP contribution in [-0.2, 0) is 6.42 Å². The highest BCUT2D eigenvalue weighted by Gasteiger charge is 2.10. The van der Waals surface area contributed by atoms with E-state index < -0.39 is 5.97 Å². The molecule has 5 heteroatoms. The minimum Gasteiger partial charge on any atom is -0.476 e. The van der Waals surface area contributed by atoms with Gasteiger partial charge in [-0.25, -0.2) is 4.79 Å². The van der Waals surface area contributed by atoms with Crippen LogP contribution in [0.2, 0.25) is 0 Å². The van der Waals surface area contributed by atoms with Gasteiger partial charge in [0.1, 0.15) is 5.76 Å². The van der Waals surface area contributed by atoms with E-state index in [2.05, 4.69) is 5.16 Å². The van der Waals surface area contributed by atoms with Crippen LogP contribution in [0, 0.1) is 0 Å². The molecule has 0 bridgehead atoms.